The van der Waals surface area contributed by atoms with Crippen LogP contribution < -0.4 is 10.5 Å². The maximum absolute atomic E-state index is 14.1. The van der Waals surface area contributed by atoms with Crippen LogP contribution in [-0.4, -0.2) is 30.8 Å². The summed E-state index contributed by atoms with van der Waals surface area (Å²) in [6, 6.07) is 8.17. The number of benzene rings is 1. The van der Waals surface area contributed by atoms with Crippen molar-refractivity contribution in [1.82, 2.24) is 19.7 Å². The van der Waals surface area contributed by atoms with E-state index in [0.717, 1.165) is 6.07 Å². The molecule has 0 saturated carbocycles. The fraction of sp³-hybridized carbons (Fsp3) is 0.0526. The van der Waals surface area contributed by atoms with E-state index in [1.165, 1.54) is 35.1 Å². The van der Waals surface area contributed by atoms with Crippen LogP contribution in [0.5, 0.6) is 5.75 Å². The Morgan fingerprint density at radius 2 is 2.03 bits per heavy atom. The lowest BCUT2D eigenvalue weighted by molar-refractivity contribution is 0.0684. The summed E-state index contributed by atoms with van der Waals surface area (Å²) in [5.74, 6) is -2.75. The third kappa shape index (κ3) is 3.55. The minimum absolute atomic E-state index is 0.0605. The molecule has 10 heteroatoms. The van der Waals surface area contributed by atoms with Crippen molar-refractivity contribution in [3.63, 3.8) is 0 Å². The number of anilines is 1. The highest BCUT2D eigenvalue weighted by atomic mass is 19.1. The number of ether oxygens (including phenoxy) is 1. The van der Waals surface area contributed by atoms with Gasteiger partial charge in [0.25, 0.3) is 0 Å². The number of aromatic carboxylic acids is 1. The van der Waals surface area contributed by atoms with Crippen molar-refractivity contribution in [3.05, 3.63) is 71.8 Å². The largest absolute Gasteiger partial charge is 0.483 e. The number of nitrogens with zero attached hydrogens (tertiary/aromatic N) is 4. The number of pyridine rings is 2. The summed E-state index contributed by atoms with van der Waals surface area (Å²) < 4.78 is 34.6. The molecule has 0 unspecified atom stereocenters. The number of hydrogen-bond acceptors (Lipinski definition) is 6. The third-order valence-electron chi connectivity index (χ3n) is 4.12. The van der Waals surface area contributed by atoms with E-state index in [1.807, 2.05) is 0 Å². The fourth-order valence-electron chi connectivity index (χ4n) is 2.79. The molecule has 0 atom stereocenters. The molecule has 3 N–H and O–H groups in total. The molecule has 0 aliphatic heterocycles. The maximum Gasteiger partial charge on any atom is 0.357 e. The number of hydrogen-bond donors (Lipinski definition) is 2. The van der Waals surface area contributed by atoms with Gasteiger partial charge in [-0.05, 0) is 30.3 Å². The van der Waals surface area contributed by atoms with Crippen LogP contribution in [0.2, 0.25) is 0 Å². The molecule has 4 aromatic rings. The second-order valence-corrected chi connectivity index (χ2v) is 6.04. The number of carboxylic acid groups (broad SMARTS) is 1. The molecule has 8 nitrogen and oxygen atoms in total. The van der Waals surface area contributed by atoms with Gasteiger partial charge in [-0.1, -0.05) is 0 Å². The van der Waals surface area contributed by atoms with Crippen molar-refractivity contribution in [2.75, 3.05) is 5.73 Å². The average Bonchev–Trinajstić information content (AvgIpc) is 3.21. The second kappa shape index (κ2) is 7.15. The minimum atomic E-state index is -1.52. The zero-order valence-electron chi connectivity index (χ0n) is 14.7. The monoisotopic (exact) mass is 397 g/mol. The van der Waals surface area contributed by atoms with Crippen molar-refractivity contribution in [1.29, 1.82) is 0 Å². The Morgan fingerprint density at radius 1 is 1.21 bits per heavy atom. The lowest BCUT2D eigenvalue weighted by Crippen LogP contribution is -2.13. The number of fused-ring (bicyclic) bond motifs is 1. The molecule has 4 rings (SSSR count). The Hall–Kier alpha value is -4.08. The van der Waals surface area contributed by atoms with Crippen LogP contribution in [-0.2, 0) is 6.61 Å². The van der Waals surface area contributed by atoms with Gasteiger partial charge in [0.05, 0.1) is 11.2 Å². The number of carbonyl (C=O) groups is 1. The van der Waals surface area contributed by atoms with Crippen LogP contribution in [0.15, 0.2) is 48.8 Å². The standard InChI is InChI=1S/C19H13F2N5O3/c20-11-2-3-13-10(6-11)7-16(18(22)25-13)29-9-14-15(26-5-1-4-23-26)8-12(21)17(24-14)19(27)28/h1-8H,9H2,(H2,22,25)(H,27,28). The molecule has 0 aliphatic rings. The third-order valence-corrected chi connectivity index (χ3v) is 4.12. The molecule has 0 aliphatic carbocycles. The SMILES string of the molecule is Nc1nc2ccc(F)cc2cc1OCc1nc(C(=O)O)c(F)cc1-n1cccn1. The van der Waals surface area contributed by atoms with Crippen molar-refractivity contribution in [3.8, 4) is 11.4 Å². The summed E-state index contributed by atoms with van der Waals surface area (Å²) in [5.41, 5.74) is 5.97. The molecule has 3 aromatic heterocycles. The zero-order chi connectivity index (χ0) is 20.5. The van der Waals surface area contributed by atoms with Crippen LogP contribution in [0.1, 0.15) is 16.2 Å². The number of nitrogen functional groups attached to an aromatic ring is 1. The van der Waals surface area contributed by atoms with E-state index in [-0.39, 0.29) is 29.6 Å². The lowest BCUT2D eigenvalue weighted by Gasteiger charge is -2.13. The van der Waals surface area contributed by atoms with Crippen molar-refractivity contribution in [2.24, 2.45) is 0 Å². The normalized spacial score (nSPS) is 11.0. The lowest BCUT2D eigenvalue weighted by atomic mass is 10.2. The first kappa shape index (κ1) is 18.3. The molecular weight excluding hydrogens is 384 g/mol. The van der Waals surface area contributed by atoms with Crippen LogP contribution in [0, 0.1) is 11.6 Å². The first-order valence-corrected chi connectivity index (χ1v) is 8.33. The zero-order valence-corrected chi connectivity index (χ0v) is 14.7. The minimum Gasteiger partial charge on any atom is -0.483 e. The van der Waals surface area contributed by atoms with Gasteiger partial charge in [0.15, 0.2) is 23.1 Å². The molecule has 0 spiro atoms. The van der Waals surface area contributed by atoms with Crippen LogP contribution in [0.4, 0.5) is 14.6 Å². The van der Waals surface area contributed by atoms with Gasteiger partial charge in [0.1, 0.15) is 18.1 Å². The summed E-state index contributed by atoms with van der Waals surface area (Å²) >= 11 is 0. The number of halogens is 2. The predicted molar refractivity (Wildman–Crippen MR) is 98.7 cm³/mol. The highest BCUT2D eigenvalue weighted by molar-refractivity contribution is 5.86. The van der Waals surface area contributed by atoms with E-state index in [0.29, 0.717) is 10.9 Å². The first-order valence-electron chi connectivity index (χ1n) is 8.33. The number of nitrogens with two attached hydrogens (primary N) is 1. The first-order chi connectivity index (χ1) is 13.9. The average molecular weight is 397 g/mol. The van der Waals surface area contributed by atoms with E-state index >= 15 is 0 Å². The van der Waals surface area contributed by atoms with Gasteiger partial charge in [0, 0.05) is 23.8 Å². The summed E-state index contributed by atoms with van der Waals surface area (Å²) in [5, 5.41) is 13.6. The van der Waals surface area contributed by atoms with Crippen molar-refractivity contribution < 1.29 is 23.4 Å². The summed E-state index contributed by atoms with van der Waals surface area (Å²) in [6.45, 7) is -0.248. The molecule has 146 valence electrons. The molecule has 0 amide bonds. The second-order valence-electron chi connectivity index (χ2n) is 6.04. The summed E-state index contributed by atoms with van der Waals surface area (Å²) in [6.07, 6.45) is 3.03. The molecule has 0 fully saturated rings. The van der Waals surface area contributed by atoms with Crippen LogP contribution in [0.3, 0.4) is 0 Å². The van der Waals surface area contributed by atoms with E-state index in [2.05, 4.69) is 15.1 Å². The highest BCUT2D eigenvalue weighted by Gasteiger charge is 2.19. The Morgan fingerprint density at radius 3 is 2.76 bits per heavy atom. The Bertz CT molecular complexity index is 1230. The van der Waals surface area contributed by atoms with E-state index in [1.54, 1.807) is 12.3 Å². The van der Waals surface area contributed by atoms with Gasteiger partial charge in [-0.15, -0.1) is 0 Å². The van der Waals surface area contributed by atoms with Gasteiger partial charge in [-0.25, -0.2) is 28.2 Å². The quantitative estimate of drug-likeness (QED) is 0.532. The van der Waals surface area contributed by atoms with E-state index in [4.69, 9.17) is 15.6 Å². The molecule has 0 bridgehead atoms. The number of rotatable bonds is 5. The van der Waals surface area contributed by atoms with Crippen LogP contribution >= 0.6 is 0 Å². The van der Waals surface area contributed by atoms with E-state index in [9.17, 15) is 13.6 Å². The molecule has 29 heavy (non-hydrogen) atoms. The van der Waals surface area contributed by atoms with Gasteiger partial charge < -0.3 is 15.6 Å². The molecule has 3 heterocycles. The van der Waals surface area contributed by atoms with Gasteiger partial charge >= 0.3 is 5.97 Å². The summed E-state index contributed by atoms with van der Waals surface area (Å²) in [4.78, 5) is 19.3. The van der Waals surface area contributed by atoms with Gasteiger partial charge in [-0.3, -0.25) is 0 Å². The van der Waals surface area contributed by atoms with Gasteiger partial charge in [-0.2, -0.15) is 5.10 Å². The Kier molecular flexibility index (Phi) is 4.51. The topological polar surface area (TPSA) is 116 Å². The van der Waals surface area contributed by atoms with Gasteiger partial charge in [0.2, 0.25) is 0 Å². The molecular formula is C19H13F2N5O3. The fourth-order valence-corrected chi connectivity index (χ4v) is 2.79. The molecule has 1 aromatic carbocycles. The van der Waals surface area contributed by atoms with Crippen molar-refractivity contribution >= 4 is 22.7 Å². The molecule has 0 radical (unpaired) electrons. The number of carboxylic acids is 1. The van der Waals surface area contributed by atoms with E-state index < -0.39 is 23.3 Å². The number of aromatic nitrogens is 4. The molecule has 0 saturated heterocycles. The highest BCUT2D eigenvalue weighted by Crippen LogP contribution is 2.27. The maximum atomic E-state index is 14.1. The predicted octanol–water partition coefficient (Wildman–Crippen LogP) is 2.95. The smallest absolute Gasteiger partial charge is 0.357 e. The van der Waals surface area contributed by atoms with Crippen LogP contribution in [0.25, 0.3) is 16.6 Å². The van der Waals surface area contributed by atoms with Crippen molar-refractivity contribution in [2.45, 2.75) is 6.61 Å². The summed E-state index contributed by atoms with van der Waals surface area (Å²) in [7, 11) is 0. The Labute approximate surface area is 162 Å². The Balaban J connectivity index is 1.72.